The molecule has 0 spiro atoms. The van der Waals surface area contributed by atoms with Gasteiger partial charge in [0.05, 0.1) is 24.0 Å². The molecule has 24 heavy (non-hydrogen) atoms. The maximum atomic E-state index is 11.6. The van der Waals surface area contributed by atoms with Gasteiger partial charge in [-0.15, -0.1) is 0 Å². The molecule has 0 unspecified atom stereocenters. The summed E-state index contributed by atoms with van der Waals surface area (Å²) in [5, 5.41) is 13.9. The fraction of sp³-hybridized carbons (Fsp3) is 0.111. The lowest BCUT2D eigenvalue weighted by atomic mass is 10.1. The lowest BCUT2D eigenvalue weighted by molar-refractivity contribution is 0.0697. The summed E-state index contributed by atoms with van der Waals surface area (Å²) < 4.78 is 5.33. The van der Waals surface area contributed by atoms with E-state index in [0.29, 0.717) is 33.0 Å². The van der Waals surface area contributed by atoms with Crippen LogP contribution < -0.4 is 10.1 Å². The number of rotatable bonds is 4. The van der Waals surface area contributed by atoms with E-state index < -0.39 is 5.97 Å². The molecule has 1 aromatic heterocycles. The van der Waals surface area contributed by atoms with Gasteiger partial charge in [0.2, 0.25) is 0 Å². The molecule has 2 N–H and O–H groups in total. The van der Waals surface area contributed by atoms with E-state index in [9.17, 15) is 9.90 Å². The highest BCUT2D eigenvalue weighted by Gasteiger charge is 2.17. The summed E-state index contributed by atoms with van der Waals surface area (Å²) >= 11 is 6.16. The number of nitrogens with zero attached hydrogens (tertiary/aromatic N) is 1. The molecule has 0 radical (unpaired) electrons. The number of aryl methyl sites for hydroxylation is 1. The van der Waals surface area contributed by atoms with Gasteiger partial charge in [0.15, 0.2) is 0 Å². The normalized spacial score (nSPS) is 10.6. The Morgan fingerprint density at radius 2 is 2.04 bits per heavy atom. The monoisotopic (exact) mass is 342 g/mol. The summed E-state index contributed by atoms with van der Waals surface area (Å²) in [7, 11) is 1.56. The van der Waals surface area contributed by atoms with Crippen molar-refractivity contribution in [3.8, 4) is 5.75 Å². The van der Waals surface area contributed by atoms with Crippen LogP contribution in [-0.4, -0.2) is 23.2 Å². The number of fused-ring (bicyclic) bond motifs is 1. The molecule has 0 saturated carbocycles. The standard InChI is InChI=1S/C18H15ClN2O3/c1-10-7-11(19)8-12-16(10)20-9-13(18(22)23)17(12)21-14-5-3-4-6-15(14)24-2/h3-9H,1-2H3,(H,20,21)(H,22,23). The molecule has 0 saturated heterocycles. The second-order valence-corrected chi connectivity index (χ2v) is 5.73. The third-order valence-corrected chi connectivity index (χ3v) is 3.94. The number of ether oxygens (including phenoxy) is 1. The van der Waals surface area contributed by atoms with Gasteiger partial charge < -0.3 is 15.2 Å². The van der Waals surface area contributed by atoms with E-state index in [4.69, 9.17) is 16.3 Å². The number of nitrogens with one attached hydrogen (secondary N) is 1. The van der Waals surface area contributed by atoms with Crippen molar-refractivity contribution < 1.29 is 14.6 Å². The zero-order valence-electron chi connectivity index (χ0n) is 13.1. The fourth-order valence-electron chi connectivity index (χ4n) is 2.62. The molecule has 0 fully saturated rings. The molecular weight excluding hydrogens is 328 g/mol. The first kappa shape index (κ1) is 16.1. The number of hydrogen-bond donors (Lipinski definition) is 2. The van der Waals surface area contributed by atoms with Gasteiger partial charge in [-0.1, -0.05) is 23.7 Å². The van der Waals surface area contributed by atoms with E-state index in [1.54, 1.807) is 25.3 Å². The number of aromatic carboxylic acids is 1. The molecule has 0 amide bonds. The zero-order chi connectivity index (χ0) is 17.3. The summed E-state index contributed by atoms with van der Waals surface area (Å²) in [6.07, 6.45) is 1.35. The van der Waals surface area contributed by atoms with Gasteiger partial charge >= 0.3 is 5.97 Å². The van der Waals surface area contributed by atoms with Crippen molar-refractivity contribution in [3.05, 3.63) is 58.7 Å². The van der Waals surface area contributed by atoms with Crippen LogP contribution in [0.4, 0.5) is 11.4 Å². The average Bonchev–Trinajstić information content (AvgIpc) is 2.55. The Bertz CT molecular complexity index is 941. The van der Waals surface area contributed by atoms with E-state index in [1.165, 1.54) is 6.20 Å². The Morgan fingerprint density at radius 3 is 2.75 bits per heavy atom. The predicted octanol–water partition coefficient (Wildman–Crippen LogP) is 4.65. The van der Waals surface area contributed by atoms with Gasteiger partial charge in [-0.25, -0.2) is 4.79 Å². The van der Waals surface area contributed by atoms with Gasteiger partial charge in [-0.05, 0) is 36.8 Å². The summed E-state index contributed by atoms with van der Waals surface area (Å²) in [5.74, 6) is -0.461. The number of benzene rings is 2. The van der Waals surface area contributed by atoms with Crippen LogP contribution >= 0.6 is 11.6 Å². The van der Waals surface area contributed by atoms with Crippen molar-refractivity contribution in [2.45, 2.75) is 6.92 Å². The van der Waals surface area contributed by atoms with Crippen LogP contribution in [0.25, 0.3) is 10.9 Å². The Kier molecular flexibility index (Phi) is 4.27. The first-order valence-corrected chi connectivity index (χ1v) is 7.61. The molecule has 3 rings (SSSR count). The third-order valence-electron chi connectivity index (χ3n) is 3.72. The van der Waals surface area contributed by atoms with Crippen LogP contribution in [0.1, 0.15) is 15.9 Å². The molecule has 0 aliphatic carbocycles. The maximum Gasteiger partial charge on any atom is 0.339 e. The number of pyridine rings is 1. The van der Waals surface area contributed by atoms with Crippen molar-refractivity contribution >= 4 is 39.8 Å². The van der Waals surface area contributed by atoms with Crippen molar-refractivity contribution in [1.82, 2.24) is 4.98 Å². The van der Waals surface area contributed by atoms with Gasteiger partial charge in [-0.2, -0.15) is 0 Å². The highest BCUT2D eigenvalue weighted by atomic mass is 35.5. The number of para-hydroxylation sites is 2. The number of carboxylic acid groups (broad SMARTS) is 1. The van der Waals surface area contributed by atoms with E-state index >= 15 is 0 Å². The maximum absolute atomic E-state index is 11.6. The number of hydrogen-bond acceptors (Lipinski definition) is 4. The van der Waals surface area contributed by atoms with Crippen molar-refractivity contribution in [1.29, 1.82) is 0 Å². The van der Waals surface area contributed by atoms with Crippen molar-refractivity contribution in [2.24, 2.45) is 0 Å². The highest BCUT2D eigenvalue weighted by molar-refractivity contribution is 6.31. The predicted molar refractivity (Wildman–Crippen MR) is 94.7 cm³/mol. The van der Waals surface area contributed by atoms with Crippen LogP contribution in [0.15, 0.2) is 42.6 Å². The zero-order valence-corrected chi connectivity index (χ0v) is 13.9. The summed E-state index contributed by atoms with van der Waals surface area (Å²) in [5.41, 5.74) is 2.73. The topological polar surface area (TPSA) is 71.5 Å². The lowest BCUT2D eigenvalue weighted by Crippen LogP contribution is -2.06. The Morgan fingerprint density at radius 1 is 1.29 bits per heavy atom. The molecule has 2 aromatic carbocycles. The Hall–Kier alpha value is -2.79. The highest BCUT2D eigenvalue weighted by Crippen LogP contribution is 2.35. The second kappa shape index (κ2) is 6.37. The largest absolute Gasteiger partial charge is 0.495 e. The number of carboxylic acids is 1. The lowest BCUT2D eigenvalue weighted by Gasteiger charge is -2.16. The van der Waals surface area contributed by atoms with Gasteiger partial charge in [0.1, 0.15) is 11.3 Å². The average molecular weight is 343 g/mol. The minimum absolute atomic E-state index is 0.0649. The Labute approximate surface area is 143 Å². The minimum Gasteiger partial charge on any atom is -0.495 e. The van der Waals surface area contributed by atoms with E-state index in [2.05, 4.69) is 10.3 Å². The molecular formula is C18H15ClN2O3. The number of aromatic nitrogens is 1. The number of carbonyl (C=O) groups is 1. The van der Waals surface area contributed by atoms with Crippen molar-refractivity contribution in [2.75, 3.05) is 12.4 Å². The third kappa shape index (κ3) is 2.86. The van der Waals surface area contributed by atoms with Gasteiger partial charge in [0, 0.05) is 16.6 Å². The summed E-state index contributed by atoms with van der Waals surface area (Å²) in [4.78, 5) is 15.9. The second-order valence-electron chi connectivity index (χ2n) is 5.30. The molecule has 0 aliphatic heterocycles. The van der Waals surface area contributed by atoms with Gasteiger partial charge in [-0.3, -0.25) is 4.98 Å². The molecule has 122 valence electrons. The van der Waals surface area contributed by atoms with Gasteiger partial charge in [0.25, 0.3) is 0 Å². The Balaban J connectivity index is 2.27. The quantitative estimate of drug-likeness (QED) is 0.722. The molecule has 1 heterocycles. The molecule has 6 heteroatoms. The fourth-order valence-corrected chi connectivity index (χ4v) is 2.89. The van der Waals surface area contributed by atoms with Crippen LogP contribution in [0.2, 0.25) is 5.02 Å². The first-order valence-electron chi connectivity index (χ1n) is 7.23. The number of anilines is 2. The molecule has 0 atom stereocenters. The van der Waals surface area contributed by atoms with E-state index in [-0.39, 0.29) is 5.56 Å². The van der Waals surface area contributed by atoms with Crippen molar-refractivity contribution in [3.63, 3.8) is 0 Å². The molecule has 3 aromatic rings. The molecule has 0 aliphatic rings. The van der Waals surface area contributed by atoms with E-state index in [1.807, 2.05) is 25.1 Å². The van der Waals surface area contributed by atoms with Crippen LogP contribution in [-0.2, 0) is 0 Å². The smallest absolute Gasteiger partial charge is 0.339 e. The minimum atomic E-state index is -1.07. The number of halogens is 1. The van der Waals surface area contributed by atoms with E-state index in [0.717, 1.165) is 5.56 Å². The summed E-state index contributed by atoms with van der Waals surface area (Å²) in [6, 6.07) is 10.8. The first-order chi connectivity index (χ1) is 11.5. The summed E-state index contributed by atoms with van der Waals surface area (Å²) in [6.45, 7) is 1.88. The molecule has 5 nitrogen and oxygen atoms in total. The van der Waals surface area contributed by atoms with Crippen LogP contribution in [0.5, 0.6) is 5.75 Å². The van der Waals surface area contributed by atoms with Crippen LogP contribution in [0.3, 0.4) is 0 Å². The molecule has 0 bridgehead atoms. The van der Waals surface area contributed by atoms with Crippen LogP contribution in [0, 0.1) is 6.92 Å². The SMILES string of the molecule is COc1ccccc1Nc1c(C(=O)O)cnc2c(C)cc(Cl)cc12. The number of methoxy groups -OCH3 is 1.